The number of benzene rings is 1. The minimum absolute atomic E-state index is 0.107. The molecule has 0 atom stereocenters. The summed E-state index contributed by atoms with van der Waals surface area (Å²) in [5.74, 6) is -0.280. The Morgan fingerprint density at radius 3 is 2.47 bits per heavy atom. The lowest BCUT2D eigenvalue weighted by molar-refractivity contribution is 0.0932. The molecule has 0 saturated heterocycles. The van der Waals surface area contributed by atoms with Gasteiger partial charge in [-0.1, -0.05) is 25.4 Å². The molecule has 19 heavy (non-hydrogen) atoms. The molecule has 1 aromatic rings. The van der Waals surface area contributed by atoms with E-state index in [1.807, 2.05) is 13.8 Å². The zero-order chi connectivity index (χ0) is 14.5. The average Bonchev–Trinajstić information content (AvgIpc) is 2.40. The van der Waals surface area contributed by atoms with Crippen molar-refractivity contribution in [1.29, 1.82) is 0 Å². The fraction of sp³-hybridized carbons (Fsp3) is 0.500. The molecule has 0 aliphatic carbocycles. The summed E-state index contributed by atoms with van der Waals surface area (Å²) in [7, 11) is 0. The number of hydrogen-bond donors (Lipinski definition) is 1. The third kappa shape index (κ3) is 4.08. The van der Waals surface area contributed by atoms with E-state index in [-0.39, 0.29) is 21.9 Å². The minimum Gasteiger partial charge on any atom is -0.351 e. The molecular weight excluding hydrogens is 288 g/mol. The highest BCUT2D eigenvalue weighted by Gasteiger charge is 2.26. The van der Waals surface area contributed by atoms with Gasteiger partial charge in [-0.05, 0) is 31.0 Å². The van der Waals surface area contributed by atoms with Crippen molar-refractivity contribution < 1.29 is 9.18 Å². The molecule has 1 N–H and O–H groups in total. The molecule has 2 nitrogen and oxygen atoms in total. The van der Waals surface area contributed by atoms with Crippen LogP contribution in [0.4, 0.5) is 4.39 Å². The predicted molar refractivity (Wildman–Crippen MR) is 77.5 cm³/mol. The number of nitrogens with one attached hydrogen (secondary N) is 1. The summed E-state index contributed by atoms with van der Waals surface area (Å²) >= 11 is 11.8. The van der Waals surface area contributed by atoms with Gasteiger partial charge in [0.25, 0.3) is 5.91 Å². The number of amides is 1. The van der Waals surface area contributed by atoms with Gasteiger partial charge in [0, 0.05) is 17.8 Å². The van der Waals surface area contributed by atoms with Crippen LogP contribution in [0.5, 0.6) is 0 Å². The Labute approximate surface area is 123 Å². The lowest BCUT2D eigenvalue weighted by Gasteiger charge is -2.29. The number of halogens is 3. The van der Waals surface area contributed by atoms with Crippen LogP contribution in [0, 0.1) is 11.2 Å². The summed E-state index contributed by atoms with van der Waals surface area (Å²) in [6, 6.07) is 3.73. The van der Waals surface area contributed by atoms with E-state index >= 15 is 0 Å². The van der Waals surface area contributed by atoms with Crippen LogP contribution in [0.1, 0.15) is 37.0 Å². The molecular formula is C14H18Cl2FNO. The molecule has 5 heteroatoms. The molecule has 0 heterocycles. The van der Waals surface area contributed by atoms with Crippen LogP contribution in [0.15, 0.2) is 18.2 Å². The molecule has 0 radical (unpaired) electrons. The van der Waals surface area contributed by atoms with E-state index < -0.39 is 5.82 Å². The van der Waals surface area contributed by atoms with E-state index in [0.29, 0.717) is 12.4 Å². The standard InChI is InChI=1S/C14H18Cl2FNO/c1-3-14(4-2,8-15)9-18-13(19)11-6-5-10(17)7-12(11)16/h5-7H,3-4,8-9H2,1-2H3,(H,18,19). The summed E-state index contributed by atoms with van der Waals surface area (Å²) in [6.45, 7) is 4.57. The predicted octanol–water partition coefficient (Wildman–Crippen LogP) is 4.25. The van der Waals surface area contributed by atoms with E-state index in [9.17, 15) is 9.18 Å². The van der Waals surface area contributed by atoms with Gasteiger partial charge < -0.3 is 5.32 Å². The third-order valence-electron chi connectivity index (χ3n) is 3.58. The molecule has 1 amide bonds. The molecule has 106 valence electrons. The normalized spacial score (nSPS) is 11.4. The van der Waals surface area contributed by atoms with Crippen LogP contribution in [0.25, 0.3) is 0 Å². The Morgan fingerprint density at radius 1 is 1.37 bits per heavy atom. The molecule has 1 aromatic carbocycles. The fourth-order valence-corrected chi connectivity index (χ4v) is 2.50. The lowest BCUT2D eigenvalue weighted by Crippen LogP contribution is -2.38. The van der Waals surface area contributed by atoms with Gasteiger partial charge in [0.15, 0.2) is 0 Å². The maximum absolute atomic E-state index is 12.9. The van der Waals surface area contributed by atoms with Crippen LogP contribution in [-0.2, 0) is 0 Å². The summed E-state index contributed by atoms with van der Waals surface area (Å²) in [6.07, 6.45) is 1.76. The van der Waals surface area contributed by atoms with Gasteiger partial charge in [-0.2, -0.15) is 0 Å². The first kappa shape index (κ1) is 16.3. The van der Waals surface area contributed by atoms with Crippen molar-refractivity contribution in [2.75, 3.05) is 12.4 Å². The zero-order valence-corrected chi connectivity index (χ0v) is 12.6. The molecule has 0 spiro atoms. The van der Waals surface area contributed by atoms with E-state index in [1.165, 1.54) is 12.1 Å². The van der Waals surface area contributed by atoms with Crippen molar-refractivity contribution in [2.24, 2.45) is 5.41 Å². The minimum atomic E-state index is -0.459. The largest absolute Gasteiger partial charge is 0.351 e. The van der Waals surface area contributed by atoms with Gasteiger partial charge in [-0.25, -0.2) is 4.39 Å². The first-order chi connectivity index (χ1) is 8.98. The second-order valence-corrected chi connectivity index (χ2v) is 5.32. The Bertz CT molecular complexity index is 439. The number of hydrogen-bond acceptors (Lipinski definition) is 1. The van der Waals surface area contributed by atoms with E-state index in [2.05, 4.69) is 5.32 Å². The lowest BCUT2D eigenvalue weighted by atomic mass is 9.84. The molecule has 0 unspecified atom stereocenters. The number of carbonyl (C=O) groups is 1. The van der Waals surface area contributed by atoms with Crippen molar-refractivity contribution in [3.8, 4) is 0 Å². The van der Waals surface area contributed by atoms with Gasteiger partial charge in [0.05, 0.1) is 10.6 Å². The van der Waals surface area contributed by atoms with Gasteiger partial charge in [-0.3, -0.25) is 4.79 Å². The van der Waals surface area contributed by atoms with Crippen LogP contribution >= 0.6 is 23.2 Å². The van der Waals surface area contributed by atoms with Gasteiger partial charge in [0.1, 0.15) is 5.82 Å². The Hall–Kier alpha value is -0.800. The van der Waals surface area contributed by atoms with Gasteiger partial charge in [0.2, 0.25) is 0 Å². The van der Waals surface area contributed by atoms with Crippen LogP contribution in [0.2, 0.25) is 5.02 Å². The summed E-state index contributed by atoms with van der Waals surface area (Å²) < 4.78 is 12.9. The van der Waals surface area contributed by atoms with Crippen molar-refractivity contribution in [2.45, 2.75) is 26.7 Å². The van der Waals surface area contributed by atoms with Crippen LogP contribution in [-0.4, -0.2) is 18.3 Å². The Balaban J connectivity index is 2.75. The van der Waals surface area contributed by atoms with E-state index in [0.717, 1.165) is 18.9 Å². The fourth-order valence-electron chi connectivity index (χ4n) is 1.77. The quantitative estimate of drug-likeness (QED) is 0.782. The van der Waals surface area contributed by atoms with Crippen molar-refractivity contribution in [3.05, 3.63) is 34.6 Å². The summed E-state index contributed by atoms with van der Waals surface area (Å²) in [5, 5.41) is 2.94. The highest BCUT2D eigenvalue weighted by Crippen LogP contribution is 2.27. The number of rotatable bonds is 6. The van der Waals surface area contributed by atoms with E-state index in [4.69, 9.17) is 23.2 Å². The Morgan fingerprint density at radius 2 is 2.00 bits per heavy atom. The number of alkyl halides is 1. The maximum Gasteiger partial charge on any atom is 0.252 e. The average molecular weight is 306 g/mol. The first-order valence-corrected chi connectivity index (χ1v) is 7.18. The van der Waals surface area contributed by atoms with Crippen LogP contribution < -0.4 is 5.32 Å². The molecule has 1 rings (SSSR count). The van der Waals surface area contributed by atoms with Crippen LogP contribution in [0.3, 0.4) is 0 Å². The second kappa shape index (κ2) is 7.11. The molecule has 0 bridgehead atoms. The summed E-state index contributed by atoms with van der Waals surface area (Å²) in [5.41, 5.74) is 0.169. The summed E-state index contributed by atoms with van der Waals surface area (Å²) in [4.78, 5) is 12.0. The Kier molecular flexibility index (Phi) is 6.08. The third-order valence-corrected chi connectivity index (χ3v) is 4.46. The highest BCUT2D eigenvalue weighted by atomic mass is 35.5. The SMILES string of the molecule is CCC(CC)(CCl)CNC(=O)c1ccc(F)cc1Cl. The smallest absolute Gasteiger partial charge is 0.252 e. The molecule has 0 aromatic heterocycles. The zero-order valence-electron chi connectivity index (χ0n) is 11.1. The molecule has 0 aliphatic heterocycles. The topological polar surface area (TPSA) is 29.1 Å². The first-order valence-electron chi connectivity index (χ1n) is 6.27. The number of carbonyl (C=O) groups excluding carboxylic acids is 1. The molecule has 0 fully saturated rings. The van der Waals surface area contributed by atoms with Crippen molar-refractivity contribution in [3.63, 3.8) is 0 Å². The van der Waals surface area contributed by atoms with E-state index in [1.54, 1.807) is 0 Å². The maximum atomic E-state index is 12.9. The van der Waals surface area contributed by atoms with Gasteiger partial charge >= 0.3 is 0 Å². The molecule has 0 aliphatic rings. The van der Waals surface area contributed by atoms with Crippen molar-refractivity contribution in [1.82, 2.24) is 5.32 Å². The highest BCUT2D eigenvalue weighted by molar-refractivity contribution is 6.33. The van der Waals surface area contributed by atoms with Gasteiger partial charge in [-0.15, -0.1) is 11.6 Å². The van der Waals surface area contributed by atoms with Crippen molar-refractivity contribution >= 4 is 29.1 Å². The monoisotopic (exact) mass is 305 g/mol. The molecule has 0 saturated carbocycles. The second-order valence-electron chi connectivity index (χ2n) is 4.65.